The van der Waals surface area contributed by atoms with Crippen molar-refractivity contribution in [2.45, 2.75) is 32.2 Å². The van der Waals surface area contributed by atoms with Crippen molar-refractivity contribution in [3.05, 3.63) is 0 Å². The molecule has 2 unspecified atom stereocenters. The Hall–Kier alpha value is -1.14. The van der Waals surface area contributed by atoms with Crippen molar-refractivity contribution in [2.75, 3.05) is 32.7 Å². The van der Waals surface area contributed by atoms with E-state index < -0.39 is 5.97 Å². The molecule has 1 aliphatic carbocycles. The first-order valence-corrected chi connectivity index (χ1v) is 7.47. The first kappa shape index (κ1) is 15.3. The van der Waals surface area contributed by atoms with Gasteiger partial charge in [0.25, 0.3) is 0 Å². The molecule has 0 aromatic carbocycles. The van der Waals surface area contributed by atoms with Gasteiger partial charge in [0.1, 0.15) is 0 Å². The van der Waals surface area contributed by atoms with Crippen LogP contribution in [0.3, 0.4) is 0 Å². The minimum atomic E-state index is -0.715. The maximum Gasteiger partial charge on any atom is 0.307 e. The van der Waals surface area contributed by atoms with Crippen LogP contribution in [0, 0.1) is 11.8 Å². The number of carbonyl (C=O) groups is 2. The van der Waals surface area contributed by atoms with Gasteiger partial charge in [0.05, 0.1) is 5.92 Å². The molecule has 1 heterocycles. The Morgan fingerprint density at radius 2 is 2.05 bits per heavy atom. The number of amides is 1. The Kier molecular flexibility index (Phi) is 5.37. The lowest BCUT2D eigenvalue weighted by molar-refractivity contribution is -0.144. The predicted octanol–water partition coefficient (Wildman–Crippen LogP) is -0.103. The van der Waals surface area contributed by atoms with Gasteiger partial charge in [0.2, 0.25) is 5.91 Å². The fourth-order valence-corrected chi connectivity index (χ4v) is 2.75. The van der Waals surface area contributed by atoms with Crippen molar-refractivity contribution in [3.63, 3.8) is 0 Å². The Morgan fingerprint density at radius 1 is 1.30 bits per heavy atom. The van der Waals surface area contributed by atoms with Crippen molar-refractivity contribution in [1.29, 1.82) is 0 Å². The van der Waals surface area contributed by atoms with Gasteiger partial charge in [-0.15, -0.1) is 0 Å². The smallest absolute Gasteiger partial charge is 0.307 e. The topological polar surface area (TPSA) is 81.7 Å². The van der Waals surface area contributed by atoms with Gasteiger partial charge in [-0.3, -0.25) is 14.5 Å². The quantitative estimate of drug-likeness (QED) is 0.608. The number of likely N-dealkylation sites (tertiary alicyclic amines) is 1. The van der Waals surface area contributed by atoms with E-state index in [9.17, 15) is 14.7 Å². The molecule has 6 heteroatoms. The monoisotopic (exact) mass is 283 g/mol. The van der Waals surface area contributed by atoms with E-state index in [4.69, 9.17) is 0 Å². The maximum atomic E-state index is 11.3. The van der Waals surface area contributed by atoms with Gasteiger partial charge in [-0.1, -0.05) is 0 Å². The van der Waals surface area contributed by atoms with E-state index in [1.165, 1.54) is 19.8 Å². The van der Waals surface area contributed by atoms with Crippen molar-refractivity contribution in [2.24, 2.45) is 11.8 Å². The van der Waals surface area contributed by atoms with Crippen LogP contribution in [0.15, 0.2) is 0 Å². The molecule has 0 radical (unpaired) electrons. The normalized spacial score (nSPS) is 27.2. The van der Waals surface area contributed by atoms with E-state index in [-0.39, 0.29) is 17.9 Å². The summed E-state index contributed by atoms with van der Waals surface area (Å²) in [6.45, 7) is 5.25. The third-order valence-electron chi connectivity index (χ3n) is 4.07. The number of nitrogens with zero attached hydrogens (tertiary/aromatic N) is 1. The highest BCUT2D eigenvalue weighted by atomic mass is 16.4. The number of hydrogen-bond acceptors (Lipinski definition) is 4. The molecule has 3 N–H and O–H groups in total. The molecule has 0 aromatic rings. The Balaban J connectivity index is 1.79. The third kappa shape index (κ3) is 5.09. The maximum absolute atomic E-state index is 11.3. The molecule has 20 heavy (non-hydrogen) atoms. The van der Waals surface area contributed by atoms with Crippen LogP contribution in [0.1, 0.15) is 26.2 Å². The number of carboxylic acids is 1. The largest absolute Gasteiger partial charge is 0.481 e. The van der Waals surface area contributed by atoms with E-state index >= 15 is 0 Å². The summed E-state index contributed by atoms with van der Waals surface area (Å²) in [5.74, 6) is -0.265. The lowest BCUT2D eigenvalue weighted by atomic mass is 9.94. The molecular formula is C14H25N3O3. The molecule has 1 aliphatic heterocycles. The predicted molar refractivity (Wildman–Crippen MR) is 75.4 cm³/mol. The highest BCUT2D eigenvalue weighted by Crippen LogP contribution is 2.28. The van der Waals surface area contributed by atoms with Crippen LogP contribution in [0.2, 0.25) is 0 Å². The minimum absolute atomic E-state index is 0.0415. The molecule has 2 rings (SSSR count). The van der Waals surface area contributed by atoms with Crippen molar-refractivity contribution in [1.82, 2.24) is 15.5 Å². The second-order valence-electron chi connectivity index (χ2n) is 6.06. The van der Waals surface area contributed by atoms with Crippen LogP contribution in [0.25, 0.3) is 0 Å². The second-order valence-corrected chi connectivity index (χ2v) is 6.06. The van der Waals surface area contributed by atoms with Crippen LogP contribution in [0.4, 0.5) is 0 Å². The zero-order valence-corrected chi connectivity index (χ0v) is 12.1. The van der Waals surface area contributed by atoms with Crippen LogP contribution in [0.5, 0.6) is 0 Å². The summed E-state index contributed by atoms with van der Waals surface area (Å²) < 4.78 is 0. The van der Waals surface area contributed by atoms with Gasteiger partial charge in [-0.25, -0.2) is 0 Å². The van der Waals surface area contributed by atoms with Crippen LogP contribution < -0.4 is 10.6 Å². The van der Waals surface area contributed by atoms with Gasteiger partial charge in [-0.2, -0.15) is 0 Å². The van der Waals surface area contributed by atoms with Crippen molar-refractivity contribution >= 4 is 11.9 Å². The summed E-state index contributed by atoms with van der Waals surface area (Å²) in [5.41, 5.74) is 0. The van der Waals surface area contributed by atoms with Gasteiger partial charge in [-0.05, 0) is 31.7 Å². The fourth-order valence-electron chi connectivity index (χ4n) is 2.75. The van der Waals surface area contributed by atoms with E-state index in [0.29, 0.717) is 26.1 Å². The van der Waals surface area contributed by atoms with E-state index in [1.807, 2.05) is 0 Å². The number of piperidine rings is 1. The standard InChI is InChI=1S/C14H25N3O3/c1-10(18)15-4-5-17-8-12(14(19)20)6-13(9-17)16-7-11-2-3-11/h11-13,16H,2-9H2,1H3,(H,15,18)(H,19,20). The lowest BCUT2D eigenvalue weighted by Gasteiger charge is -2.36. The van der Waals surface area contributed by atoms with Crippen LogP contribution in [-0.2, 0) is 9.59 Å². The average Bonchev–Trinajstić information content (AvgIpc) is 3.19. The molecule has 2 aliphatic rings. The molecule has 1 saturated heterocycles. The number of carboxylic acid groups (broad SMARTS) is 1. The third-order valence-corrected chi connectivity index (χ3v) is 4.07. The number of nitrogens with one attached hydrogen (secondary N) is 2. The summed E-state index contributed by atoms with van der Waals surface area (Å²) in [6.07, 6.45) is 3.31. The minimum Gasteiger partial charge on any atom is -0.481 e. The van der Waals surface area contributed by atoms with Crippen LogP contribution in [-0.4, -0.2) is 60.6 Å². The molecule has 1 amide bonds. The van der Waals surface area contributed by atoms with Crippen molar-refractivity contribution < 1.29 is 14.7 Å². The molecule has 6 nitrogen and oxygen atoms in total. The number of hydrogen-bond donors (Lipinski definition) is 3. The molecule has 2 fully saturated rings. The fraction of sp³-hybridized carbons (Fsp3) is 0.857. The molecule has 2 atom stereocenters. The Bertz CT molecular complexity index is 358. The molecular weight excluding hydrogens is 258 g/mol. The Morgan fingerprint density at radius 3 is 2.65 bits per heavy atom. The summed E-state index contributed by atoms with van der Waals surface area (Å²) in [7, 11) is 0. The van der Waals surface area contributed by atoms with E-state index in [1.54, 1.807) is 0 Å². The molecule has 1 saturated carbocycles. The zero-order valence-electron chi connectivity index (χ0n) is 12.1. The summed E-state index contributed by atoms with van der Waals surface area (Å²) in [5, 5.41) is 15.5. The number of aliphatic carboxylic acids is 1. The highest BCUT2D eigenvalue weighted by molar-refractivity contribution is 5.72. The van der Waals surface area contributed by atoms with E-state index in [2.05, 4.69) is 15.5 Å². The van der Waals surface area contributed by atoms with Gasteiger partial charge >= 0.3 is 5.97 Å². The molecule has 0 aromatic heterocycles. The zero-order chi connectivity index (χ0) is 14.5. The summed E-state index contributed by atoms with van der Waals surface area (Å²) in [4.78, 5) is 24.3. The number of rotatable bonds is 7. The van der Waals surface area contributed by atoms with Gasteiger partial charge in [0.15, 0.2) is 0 Å². The number of carbonyl (C=O) groups excluding carboxylic acids is 1. The SMILES string of the molecule is CC(=O)NCCN1CC(NCC2CC2)CC(C(=O)O)C1. The van der Waals surface area contributed by atoms with E-state index in [0.717, 1.165) is 19.0 Å². The molecule has 0 bridgehead atoms. The van der Waals surface area contributed by atoms with Crippen LogP contribution >= 0.6 is 0 Å². The average molecular weight is 283 g/mol. The summed E-state index contributed by atoms with van der Waals surface area (Å²) >= 11 is 0. The van der Waals surface area contributed by atoms with Gasteiger partial charge in [0, 0.05) is 39.1 Å². The molecule has 114 valence electrons. The molecule has 0 spiro atoms. The lowest BCUT2D eigenvalue weighted by Crippen LogP contribution is -2.52. The Labute approximate surface area is 119 Å². The highest BCUT2D eigenvalue weighted by Gasteiger charge is 2.32. The first-order valence-electron chi connectivity index (χ1n) is 7.47. The summed E-state index contributed by atoms with van der Waals surface area (Å²) in [6, 6.07) is 0.253. The van der Waals surface area contributed by atoms with Crippen molar-refractivity contribution in [3.8, 4) is 0 Å². The second kappa shape index (κ2) is 7.04. The van der Waals surface area contributed by atoms with Gasteiger partial charge < -0.3 is 15.7 Å². The first-order chi connectivity index (χ1) is 9.54.